The maximum absolute atomic E-state index is 12.8. The lowest BCUT2D eigenvalue weighted by Crippen LogP contribution is -2.52. The number of benzene rings is 1. The molecule has 0 N–H and O–H groups in total. The molecule has 4 rings (SSSR count). The van der Waals surface area contributed by atoms with Crippen molar-refractivity contribution >= 4 is 26.6 Å². The van der Waals surface area contributed by atoms with Crippen LogP contribution in [-0.4, -0.2) is 72.4 Å². The SMILES string of the molecule is Cn1ccc2cc(C(=O)N3CCN([C@@H]4CCS(=O)(=O)C4)CC3)ccc21. The molecule has 2 aromatic rings. The van der Waals surface area contributed by atoms with E-state index >= 15 is 0 Å². The smallest absolute Gasteiger partial charge is 0.253 e. The van der Waals surface area contributed by atoms with Gasteiger partial charge in [-0.05, 0) is 30.7 Å². The number of nitrogens with zero attached hydrogens (tertiary/aromatic N) is 3. The summed E-state index contributed by atoms with van der Waals surface area (Å²) in [6.45, 7) is 2.81. The molecule has 134 valence electrons. The Labute approximate surface area is 147 Å². The molecule has 0 spiro atoms. The first-order chi connectivity index (χ1) is 11.9. The van der Waals surface area contributed by atoms with E-state index in [9.17, 15) is 13.2 Å². The number of sulfone groups is 1. The van der Waals surface area contributed by atoms with Gasteiger partial charge in [-0.15, -0.1) is 0 Å². The second-order valence-corrected chi connectivity index (χ2v) is 9.31. The van der Waals surface area contributed by atoms with E-state index in [1.165, 1.54) is 0 Å². The topological polar surface area (TPSA) is 62.6 Å². The van der Waals surface area contributed by atoms with Crippen molar-refractivity contribution < 1.29 is 13.2 Å². The third kappa shape index (κ3) is 3.18. The molecule has 1 amide bonds. The van der Waals surface area contributed by atoms with Crippen molar-refractivity contribution in [3.63, 3.8) is 0 Å². The zero-order valence-corrected chi connectivity index (χ0v) is 15.2. The lowest BCUT2D eigenvalue weighted by atomic mass is 10.1. The van der Waals surface area contributed by atoms with Gasteiger partial charge in [0.2, 0.25) is 0 Å². The fraction of sp³-hybridized carbons (Fsp3) is 0.500. The highest BCUT2D eigenvalue weighted by Gasteiger charge is 2.34. The van der Waals surface area contributed by atoms with Gasteiger partial charge in [-0.3, -0.25) is 9.69 Å². The van der Waals surface area contributed by atoms with Crippen LogP contribution in [-0.2, 0) is 16.9 Å². The van der Waals surface area contributed by atoms with Crippen LogP contribution in [0.1, 0.15) is 16.8 Å². The molecule has 3 heterocycles. The second kappa shape index (κ2) is 6.14. The second-order valence-electron chi connectivity index (χ2n) is 7.09. The molecule has 0 aliphatic carbocycles. The van der Waals surface area contributed by atoms with Gasteiger partial charge < -0.3 is 9.47 Å². The molecule has 2 aliphatic rings. The van der Waals surface area contributed by atoms with E-state index in [2.05, 4.69) is 4.90 Å². The van der Waals surface area contributed by atoms with Gasteiger partial charge in [-0.1, -0.05) is 0 Å². The van der Waals surface area contributed by atoms with Gasteiger partial charge in [-0.2, -0.15) is 0 Å². The predicted molar refractivity (Wildman–Crippen MR) is 97.5 cm³/mol. The summed E-state index contributed by atoms with van der Waals surface area (Å²) in [5.74, 6) is 0.629. The largest absolute Gasteiger partial charge is 0.351 e. The Morgan fingerprint density at radius 3 is 2.56 bits per heavy atom. The molecule has 2 aliphatic heterocycles. The van der Waals surface area contributed by atoms with Crippen LogP contribution in [0.3, 0.4) is 0 Å². The number of carbonyl (C=O) groups excluding carboxylic acids is 1. The van der Waals surface area contributed by atoms with E-state index in [0.29, 0.717) is 18.8 Å². The van der Waals surface area contributed by atoms with Crippen LogP contribution in [0.4, 0.5) is 0 Å². The lowest BCUT2D eigenvalue weighted by molar-refractivity contribution is 0.0588. The fourth-order valence-corrected chi connectivity index (χ4v) is 5.71. The third-order valence-electron chi connectivity index (χ3n) is 5.46. The average molecular weight is 361 g/mol. The molecule has 2 fully saturated rings. The highest BCUT2D eigenvalue weighted by Crippen LogP contribution is 2.21. The van der Waals surface area contributed by atoms with Crippen LogP contribution in [0.25, 0.3) is 10.9 Å². The Morgan fingerprint density at radius 2 is 1.88 bits per heavy atom. The molecule has 1 atom stereocenters. The molecule has 0 saturated carbocycles. The summed E-state index contributed by atoms with van der Waals surface area (Å²) in [6.07, 6.45) is 2.72. The van der Waals surface area contributed by atoms with Crippen molar-refractivity contribution in [3.8, 4) is 0 Å². The quantitative estimate of drug-likeness (QED) is 0.804. The summed E-state index contributed by atoms with van der Waals surface area (Å²) in [5.41, 5.74) is 1.83. The van der Waals surface area contributed by atoms with Crippen LogP contribution in [0.5, 0.6) is 0 Å². The van der Waals surface area contributed by atoms with Gasteiger partial charge in [0.05, 0.1) is 11.5 Å². The Balaban J connectivity index is 1.42. The van der Waals surface area contributed by atoms with E-state index in [-0.39, 0.29) is 17.7 Å². The Bertz CT molecular complexity index is 911. The Morgan fingerprint density at radius 1 is 1.12 bits per heavy atom. The van der Waals surface area contributed by atoms with Crippen LogP contribution >= 0.6 is 0 Å². The summed E-state index contributed by atoms with van der Waals surface area (Å²) in [5, 5.41) is 1.07. The number of aromatic nitrogens is 1. The van der Waals surface area contributed by atoms with E-state index in [1.807, 2.05) is 47.0 Å². The first-order valence-electron chi connectivity index (χ1n) is 8.72. The molecule has 7 heteroatoms. The van der Waals surface area contributed by atoms with E-state index in [0.717, 1.165) is 36.0 Å². The molecule has 0 bridgehead atoms. The first kappa shape index (κ1) is 16.6. The number of hydrogen-bond acceptors (Lipinski definition) is 4. The van der Waals surface area contributed by atoms with Crippen LogP contribution in [0.2, 0.25) is 0 Å². The number of amides is 1. The van der Waals surface area contributed by atoms with Crippen LogP contribution in [0.15, 0.2) is 30.5 Å². The number of hydrogen-bond donors (Lipinski definition) is 0. The maximum Gasteiger partial charge on any atom is 0.253 e. The summed E-state index contributed by atoms with van der Waals surface area (Å²) < 4.78 is 25.4. The van der Waals surface area contributed by atoms with Gasteiger partial charge in [0.1, 0.15) is 0 Å². The van der Waals surface area contributed by atoms with Crippen molar-refractivity contribution in [2.45, 2.75) is 12.5 Å². The summed E-state index contributed by atoms with van der Waals surface area (Å²) in [4.78, 5) is 16.9. The van der Waals surface area contributed by atoms with Crippen molar-refractivity contribution in [2.75, 3.05) is 37.7 Å². The standard InChI is InChI=1S/C18H23N3O3S/c1-19-6-4-14-12-15(2-3-17(14)19)18(22)21-9-7-20(8-10-21)16-5-11-25(23,24)13-16/h2-4,6,12,16H,5,7-11,13H2,1H3/t16-/m1/s1. The minimum absolute atomic E-state index is 0.0597. The maximum atomic E-state index is 12.8. The molecule has 2 saturated heterocycles. The van der Waals surface area contributed by atoms with Gasteiger partial charge in [-0.25, -0.2) is 8.42 Å². The minimum Gasteiger partial charge on any atom is -0.351 e. The number of rotatable bonds is 2. The lowest BCUT2D eigenvalue weighted by Gasteiger charge is -2.37. The third-order valence-corrected chi connectivity index (χ3v) is 7.21. The van der Waals surface area contributed by atoms with Gasteiger partial charge in [0, 0.05) is 61.9 Å². The zero-order valence-electron chi connectivity index (χ0n) is 14.4. The van der Waals surface area contributed by atoms with Crippen molar-refractivity contribution in [2.24, 2.45) is 7.05 Å². The highest BCUT2D eigenvalue weighted by molar-refractivity contribution is 7.91. The van der Waals surface area contributed by atoms with E-state index in [1.54, 1.807) is 0 Å². The first-order valence-corrected chi connectivity index (χ1v) is 10.5. The van der Waals surface area contributed by atoms with E-state index in [4.69, 9.17) is 0 Å². The molecule has 6 nitrogen and oxygen atoms in total. The number of carbonyl (C=O) groups is 1. The summed E-state index contributed by atoms with van der Waals surface area (Å²) >= 11 is 0. The average Bonchev–Trinajstić information content (AvgIpc) is 3.16. The molecule has 1 aromatic heterocycles. The molecule has 0 radical (unpaired) electrons. The van der Waals surface area contributed by atoms with Crippen molar-refractivity contribution in [1.82, 2.24) is 14.4 Å². The summed E-state index contributed by atoms with van der Waals surface area (Å²) in [6, 6.07) is 7.98. The zero-order chi connectivity index (χ0) is 17.6. The monoisotopic (exact) mass is 361 g/mol. The van der Waals surface area contributed by atoms with Crippen LogP contribution in [0, 0.1) is 0 Å². The van der Waals surface area contributed by atoms with Crippen molar-refractivity contribution in [1.29, 1.82) is 0 Å². The van der Waals surface area contributed by atoms with Crippen molar-refractivity contribution in [3.05, 3.63) is 36.0 Å². The Hall–Kier alpha value is -1.86. The minimum atomic E-state index is -2.86. The number of piperazine rings is 1. The number of fused-ring (bicyclic) bond motifs is 1. The molecule has 1 aromatic carbocycles. The molecule has 0 unspecified atom stereocenters. The van der Waals surface area contributed by atoms with E-state index < -0.39 is 9.84 Å². The molecular weight excluding hydrogens is 338 g/mol. The number of aryl methyl sites for hydroxylation is 1. The van der Waals surface area contributed by atoms with Crippen LogP contribution < -0.4 is 0 Å². The normalized spacial score (nSPS) is 24.0. The van der Waals surface area contributed by atoms with Gasteiger partial charge in [0.15, 0.2) is 9.84 Å². The van der Waals surface area contributed by atoms with Gasteiger partial charge >= 0.3 is 0 Å². The molecule has 25 heavy (non-hydrogen) atoms. The Kier molecular flexibility index (Phi) is 4.08. The highest BCUT2D eigenvalue weighted by atomic mass is 32.2. The molecular formula is C18H23N3O3S. The fourth-order valence-electron chi connectivity index (χ4n) is 3.95. The van der Waals surface area contributed by atoms with Gasteiger partial charge in [0.25, 0.3) is 5.91 Å². The summed E-state index contributed by atoms with van der Waals surface area (Å²) in [7, 11) is -0.868. The predicted octanol–water partition coefficient (Wildman–Crippen LogP) is 1.12.